The van der Waals surface area contributed by atoms with Crippen LogP contribution in [0.3, 0.4) is 0 Å². The van der Waals surface area contributed by atoms with E-state index in [1.54, 1.807) is 7.11 Å². The molecule has 0 bridgehead atoms. The molecule has 1 aliphatic carbocycles. The molecule has 0 saturated carbocycles. The number of rotatable bonds is 4. The summed E-state index contributed by atoms with van der Waals surface area (Å²) in [4.78, 5) is 12.8. The summed E-state index contributed by atoms with van der Waals surface area (Å²) in [6.45, 7) is 5.96. The molecular weight excluding hydrogens is 306 g/mol. The van der Waals surface area contributed by atoms with Crippen molar-refractivity contribution >= 4 is 11.6 Å². The Labute approximate surface area is 141 Å². The van der Waals surface area contributed by atoms with Crippen LogP contribution in [0.5, 0.6) is 0 Å². The van der Waals surface area contributed by atoms with E-state index in [2.05, 4.69) is 32.0 Å². The first-order chi connectivity index (χ1) is 11.4. The van der Waals surface area contributed by atoms with Crippen LogP contribution >= 0.6 is 0 Å². The molecule has 2 atom stereocenters. The van der Waals surface area contributed by atoms with E-state index in [0.717, 1.165) is 18.5 Å². The van der Waals surface area contributed by atoms with Gasteiger partial charge >= 0.3 is 0 Å². The average Bonchev–Trinajstić information content (AvgIpc) is 3.14. The van der Waals surface area contributed by atoms with Gasteiger partial charge in [0, 0.05) is 12.8 Å². The first-order valence-electron chi connectivity index (χ1n) is 8.07. The lowest BCUT2D eigenvalue weighted by molar-refractivity contribution is -0.119. The molecule has 0 aliphatic heterocycles. The van der Waals surface area contributed by atoms with Crippen molar-refractivity contribution in [2.45, 2.75) is 45.6 Å². The van der Waals surface area contributed by atoms with Crippen molar-refractivity contribution in [1.82, 2.24) is 20.6 Å². The minimum Gasteiger partial charge on any atom is -0.381 e. The molecule has 0 radical (unpaired) electrons. The molecule has 24 heavy (non-hydrogen) atoms. The Kier molecular flexibility index (Phi) is 4.36. The summed E-state index contributed by atoms with van der Waals surface area (Å²) in [7, 11) is 1.73. The molecule has 1 amide bonds. The summed E-state index contributed by atoms with van der Waals surface area (Å²) in [5.74, 6) is -0.220. The Morgan fingerprint density at radius 3 is 2.71 bits per heavy atom. The van der Waals surface area contributed by atoms with Gasteiger partial charge in [0.05, 0.1) is 6.10 Å². The molecular formula is C17H23N5O2. The number of carbonyl (C=O) groups excluding carboxylic acids is 1. The highest BCUT2D eigenvalue weighted by Crippen LogP contribution is 2.34. The maximum atomic E-state index is 12.8. The molecule has 1 aliphatic rings. The van der Waals surface area contributed by atoms with Crippen molar-refractivity contribution in [2.24, 2.45) is 5.41 Å². The summed E-state index contributed by atoms with van der Waals surface area (Å²) in [6, 6.07) is 6.03. The standard InChI is InChI=1S/C17H23N5O2/c1-17(2,3)14(15-19-21-22-20-15)16(23)18-12-6-5-10-8-13(24-4)9-11(10)7-12/h5-7,13-14H,8-9H2,1-4H3,(H,18,23)(H,19,20,21,22). The normalized spacial score (nSPS) is 18.2. The molecule has 3 rings (SSSR count). The van der Waals surface area contributed by atoms with Crippen LogP contribution in [0.4, 0.5) is 5.69 Å². The van der Waals surface area contributed by atoms with Crippen LogP contribution in [0.2, 0.25) is 0 Å². The van der Waals surface area contributed by atoms with Gasteiger partial charge in [0.15, 0.2) is 5.82 Å². The largest absolute Gasteiger partial charge is 0.381 e. The van der Waals surface area contributed by atoms with Crippen molar-refractivity contribution in [3.8, 4) is 0 Å². The molecule has 1 heterocycles. The maximum Gasteiger partial charge on any atom is 0.235 e. The minimum absolute atomic E-state index is 0.134. The van der Waals surface area contributed by atoms with E-state index >= 15 is 0 Å². The number of carbonyl (C=O) groups is 1. The number of aromatic amines is 1. The van der Waals surface area contributed by atoms with E-state index in [0.29, 0.717) is 5.82 Å². The molecule has 2 aromatic rings. The fraction of sp³-hybridized carbons (Fsp3) is 0.529. The van der Waals surface area contributed by atoms with Crippen molar-refractivity contribution in [2.75, 3.05) is 12.4 Å². The number of nitrogens with one attached hydrogen (secondary N) is 2. The van der Waals surface area contributed by atoms with Crippen LogP contribution in [0, 0.1) is 5.41 Å². The topological polar surface area (TPSA) is 92.8 Å². The van der Waals surface area contributed by atoms with E-state index in [9.17, 15) is 4.79 Å². The predicted molar refractivity (Wildman–Crippen MR) is 89.7 cm³/mol. The molecule has 0 fully saturated rings. The zero-order valence-corrected chi connectivity index (χ0v) is 14.5. The Balaban J connectivity index is 1.79. The van der Waals surface area contributed by atoms with Crippen LogP contribution in [0.25, 0.3) is 0 Å². The van der Waals surface area contributed by atoms with E-state index in [1.807, 2.05) is 32.9 Å². The zero-order chi connectivity index (χ0) is 17.3. The van der Waals surface area contributed by atoms with Gasteiger partial charge in [0.2, 0.25) is 5.91 Å². The lowest BCUT2D eigenvalue weighted by Gasteiger charge is -2.27. The fourth-order valence-electron chi connectivity index (χ4n) is 3.23. The summed E-state index contributed by atoms with van der Waals surface area (Å²) >= 11 is 0. The number of nitrogens with zero attached hydrogens (tertiary/aromatic N) is 3. The van der Waals surface area contributed by atoms with Crippen LogP contribution in [0.15, 0.2) is 18.2 Å². The van der Waals surface area contributed by atoms with Crippen LogP contribution in [-0.2, 0) is 22.4 Å². The number of fused-ring (bicyclic) bond motifs is 1. The second-order valence-corrected chi connectivity index (χ2v) is 7.31. The lowest BCUT2D eigenvalue weighted by atomic mass is 9.79. The number of anilines is 1. The molecule has 7 heteroatoms. The van der Waals surface area contributed by atoms with Gasteiger partial charge in [-0.2, -0.15) is 5.21 Å². The monoisotopic (exact) mass is 329 g/mol. The van der Waals surface area contributed by atoms with E-state index in [1.165, 1.54) is 11.1 Å². The number of benzene rings is 1. The molecule has 0 saturated heterocycles. The number of aromatic nitrogens is 4. The Bertz CT molecular complexity index is 721. The number of hydrogen-bond donors (Lipinski definition) is 2. The number of tetrazole rings is 1. The van der Waals surface area contributed by atoms with Gasteiger partial charge in [-0.05, 0) is 41.5 Å². The second-order valence-electron chi connectivity index (χ2n) is 7.31. The zero-order valence-electron chi connectivity index (χ0n) is 14.5. The third-order valence-electron chi connectivity index (χ3n) is 4.45. The van der Waals surface area contributed by atoms with Crippen molar-refractivity contribution in [3.05, 3.63) is 35.2 Å². The van der Waals surface area contributed by atoms with Gasteiger partial charge in [-0.25, -0.2) is 0 Å². The molecule has 7 nitrogen and oxygen atoms in total. The number of H-pyrrole nitrogens is 1. The average molecular weight is 329 g/mol. The number of amides is 1. The molecule has 2 unspecified atom stereocenters. The Hall–Kier alpha value is -2.28. The van der Waals surface area contributed by atoms with Crippen LogP contribution in [-0.4, -0.2) is 39.7 Å². The van der Waals surface area contributed by atoms with Gasteiger partial charge < -0.3 is 10.1 Å². The summed E-state index contributed by atoms with van der Waals surface area (Å²) in [6.07, 6.45) is 2.03. The maximum absolute atomic E-state index is 12.8. The van der Waals surface area contributed by atoms with E-state index < -0.39 is 5.92 Å². The third-order valence-corrected chi connectivity index (χ3v) is 4.45. The molecule has 1 aromatic carbocycles. The first kappa shape index (κ1) is 16.6. The number of methoxy groups -OCH3 is 1. The molecule has 0 spiro atoms. The van der Waals surface area contributed by atoms with Gasteiger partial charge in [0.25, 0.3) is 0 Å². The van der Waals surface area contributed by atoms with Crippen LogP contribution < -0.4 is 5.32 Å². The van der Waals surface area contributed by atoms with Crippen molar-refractivity contribution in [1.29, 1.82) is 0 Å². The van der Waals surface area contributed by atoms with E-state index in [4.69, 9.17) is 4.74 Å². The quantitative estimate of drug-likeness (QED) is 0.896. The van der Waals surface area contributed by atoms with Gasteiger partial charge in [-0.15, -0.1) is 10.2 Å². The number of hydrogen-bond acceptors (Lipinski definition) is 5. The first-order valence-corrected chi connectivity index (χ1v) is 8.07. The smallest absolute Gasteiger partial charge is 0.235 e. The Morgan fingerprint density at radius 1 is 1.33 bits per heavy atom. The highest BCUT2D eigenvalue weighted by Gasteiger charge is 2.36. The fourth-order valence-corrected chi connectivity index (χ4v) is 3.23. The van der Waals surface area contributed by atoms with Crippen molar-refractivity contribution in [3.63, 3.8) is 0 Å². The lowest BCUT2D eigenvalue weighted by Crippen LogP contribution is -2.32. The van der Waals surface area contributed by atoms with Crippen molar-refractivity contribution < 1.29 is 9.53 Å². The summed E-state index contributed by atoms with van der Waals surface area (Å²) in [5, 5.41) is 17.0. The van der Waals surface area contributed by atoms with Gasteiger partial charge in [-0.3, -0.25) is 4.79 Å². The number of ether oxygens (including phenoxy) is 1. The van der Waals surface area contributed by atoms with Gasteiger partial charge in [0.1, 0.15) is 5.92 Å². The Morgan fingerprint density at radius 2 is 2.08 bits per heavy atom. The second kappa shape index (κ2) is 6.32. The van der Waals surface area contributed by atoms with E-state index in [-0.39, 0.29) is 17.4 Å². The molecule has 128 valence electrons. The van der Waals surface area contributed by atoms with Gasteiger partial charge in [-0.1, -0.05) is 32.1 Å². The predicted octanol–water partition coefficient (Wildman–Crippen LogP) is 2.08. The molecule has 1 aromatic heterocycles. The summed E-state index contributed by atoms with van der Waals surface area (Å²) < 4.78 is 5.43. The highest BCUT2D eigenvalue weighted by molar-refractivity contribution is 5.96. The SMILES string of the molecule is COC1Cc2ccc(NC(=O)C(c3nn[nH]n3)C(C)(C)C)cc2C1. The minimum atomic E-state index is -0.490. The van der Waals surface area contributed by atoms with Crippen LogP contribution in [0.1, 0.15) is 43.6 Å². The summed E-state index contributed by atoms with van der Waals surface area (Å²) in [5.41, 5.74) is 2.97. The third kappa shape index (κ3) is 3.31. The molecule has 2 N–H and O–H groups in total. The highest BCUT2D eigenvalue weighted by atomic mass is 16.5.